The minimum Gasteiger partial charge on any atom is -0.374 e. The summed E-state index contributed by atoms with van der Waals surface area (Å²) in [5, 5.41) is 0.478. The second-order valence-corrected chi connectivity index (χ2v) is 7.80. The van der Waals surface area contributed by atoms with Crippen LogP contribution >= 0.6 is 15.9 Å². The Balaban J connectivity index is 1.60. The van der Waals surface area contributed by atoms with Crippen molar-refractivity contribution in [3.63, 3.8) is 0 Å². The lowest BCUT2D eigenvalue weighted by molar-refractivity contribution is 0.0394. The standard InChI is InChI=1S/C15H22B2BrNO/c1-10-11(3-2-4-14(10)18)8-20-13-5-12-7-19(17)9-15(12,16)6-13/h2-4,12-13H,5-9,16-17H2,1H3. The van der Waals surface area contributed by atoms with Crippen molar-refractivity contribution in [2.24, 2.45) is 5.92 Å². The second kappa shape index (κ2) is 5.51. The zero-order valence-electron chi connectivity index (χ0n) is 12.7. The van der Waals surface area contributed by atoms with E-state index in [9.17, 15) is 0 Å². The molecule has 3 unspecified atom stereocenters. The smallest absolute Gasteiger partial charge is 0.185 e. The van der Waals surface area contributed by atoms with E-state index >= 15 is 0 Å². The molecule has 20 heavy (non-hydrogen) atoms. The molecule has 3 atom stereocenters. The van der Waals surface area contributed by atoms with Crippen LogP contribution in [0, 0.1) is 12.8 Å². The lowest BCUT2D eigenvalue weighted by Crippen LogP contribution is -2.23. The summed E-state index contributed by atoms with van der Waals surface area (Å²) in [6, 6.07) is 6.36. The monoisotopic (exact) mass is 333 g/mol. The fourth-order valence-corrected chi connectivity index (χ4v) is 4.47. The molecule has 0 radical (unpaired) electrons. The van der Waals surface area contributed by atoms with E-state index in [2.05, 4.69) is 61.7 Å². The van der Waals surface area contributed by atoms with Crippen molar-refractivity contribution in [1.29, 1.82) is 0 Å². The van der Waals surface area contributed by atoms with Crippen LogP contribution in [-0.4, -0.2) is 39.8 Å². The van der Waals surface area contributed by atoms with Gasteiger partial charge in [-0.1, -0.05) is 28.1 Å². The maximum absolute atomic E-state index is 6.22. The van der Waals surface area contributed by atoms with Gasteiger partial charge in [-0.3, -0.25) is 0 Å². The van der Waals surface area contributed by atoms with E-state index in [4.69, 9.17) is 4.74 Å². The van der Waals surface area contributed by atoms with Crippen LogP contribution in [0.3, 0.4) is 0 Å². The van der Waals surface area contributed by atoms with E-state index < -0.39 is 0 Å². The molecular weight excluding hydrogens is 312 g/mol. The van der Waals surface area contributed by atoms with Gasteiger partial charge in [0.25, 0.3) is 0 Å². The van der Waals surface area contributed by atoms with Gasteiger partial charge < -0.3 is 9.55 Å². The molecule has 1 aliphatic carbocycles. The Morgan fingerprint density at radius 3 is 3.05 bits per heavy atom. The lowest BCUT2D eigenvalue weighted by atomic mass is 9.64. The Kier molecular flexibility index (Phi) is 4.04. The van der Waals surface area contributed by atoms with Gasteiger partial charge in [-0.05, 0) is 61.3 Å². The first kappa shape index (κ1) is 14.7. The highest BCUT2D eigenvalue weighted by Crippen LogP contribution is 2.52. The quantitative estimate of drug-likeness (QED) is 0.781. The van der Waals surface area contributed by atoms with E-state index in [1.165, 1.54) is 41.5 Å². The lowest BCUT2D eigenvalue weighted by Gasteiger charge is -2.23. The first-order chi connectivity index (χ1) is 9.48. The van der Waals surface area contributed by atoms with Crippen LogP contribution < -0.4 is 0 Å². The molecule has 0 bridgehead atoms. The van der Waals surface area contributed by atoms with Gasteiger partial charge in [0.05, 0.1) is 12.7 Å². The third-order valence-corrected chi connectivity index (χ3v) is 6.10. The van der Waals surface area contributed by atoms with Gasteiger partial charge in [-0.2, -0.15) is 0 Å². The predicted octanol–water partition coefficient (Wildman–Crippen LogP) is 1.71. The maximum atomic E-state index is 6.22. The summed E-state index contributed by atoms with van der Waals surface area (Å²) in [6.07, 6.45) is 2.89. The molecule has 106 valence electrons. The zero-order chi connectivity index (χ0) is 14.3. The molecule has 0 spiro atoms. The van der Waals surface area contributed by atoms with Gasteiger partial charge >= 0.3 is 0 Å². The third-order valence-electron chi connectivity index (χ3n) is 5.24. The molecule has 1 saturated carbocycles. The average Bonchev–Trinajstić information content (AvgIpc) is 2.81. The van der Waals surface area contributed by atoms with Crippen LogP contribution in [-0.2, 0) is 11.3 Å². The summed E-state index contributed by atoms with van der Waals surface area (Å²) in [7, 11) is 4.68. The summed E-state index contributed by atoms with van der Waals surface area (Å²) < 4.78 is 7.40. The summed E-state index contributed by atoms with van der Waals surface area (Å²) >= 11 is 3.59. The maximum Gasteiger partial charge on any atom is 0.185 e. The minimum atomic E-state index is 0.442. The van der Waals surface area contributed by atoms with E-state index in [-0.39, 0.29) is 0 Å². The van der Waals surface area contributed by atoms with Gasteiger partial charge in [-0.15, -0.1) is 0 Å². The molecule has 5 heteroatoms. The number of rotatable bonds is 3. The van der Waals surface area contributed by atoms with Gasteiger partial charge in [0.1, 0.15) is 7.85 Å². The Morgan fingerprint density at radius 1 is 1.50 bits per heavy atom. The van der Waals surface area contributed by atoms with Crippen molar-refractivity contribution in [1.82, 2.24) is 4.81 Å². The summed E-state index contributed by atoms with van der Waals surface area (Å²) in [5.74, 6) is 0.820. The van der Waals surface area contributed by atoms with E-state index in [0.29, 0.717) is 11.4 Å². The highest BCUT2D eigenvalue weighted by molar-refractivity contribution is 9.10. The Hall–Kier alpha value is -0.250. The molecule has 1 saturated heterocycles. The fourth-order valence-electron chi connectivity index (χ4n) is 4.06. The molecule has 1 aliphatic heterocycles. The minimum absolute atomic E-state index is 0.442. The zero-order valence-corrected chi connectivity index (χ0v) is 14.2. The highest BCUT2D eigenvalue weighted by atomic mass is 79.9. The molecule has 0 amide bonds. The van der Waals surface area contributed by atoms with Gasteiger partial charge in [-0.25, -0.2) is 0 Å². The number of fused-ring (bicyclic) bond motifs is 1. The van der Waals surface area contributed by atoms with Crippen molar-refractivity contribution in [3.05, 3.63) is 33.8 Å². The molecule has 1 heterocycles. The number of hydrogen-bond acceptors (Lipinski definition) is 2. The Labute approximate surface area is 132 Å². The topological polar surface area (TPSA) is 12.5 Å². The van der Waals surface area contributed by atoms with Crippen molar-refractivity contribution in [2.75, 3.05) is 13.1 Å². The van der Waals surface area contributed by atoms with Crippen LogP contribution in [0.2, 0.25) is 5.31 Å². The largest absolute Gasteiger partial charge is 0.374 e. The number of ether oxygens (including phenoxy) is 1. The number of benzene rings is 1. The van der Waals surface area contributed by atoms with Crippen LogP contribution in [0.4, 0.5) is 0 Å². The van der Waals surface area contributed by atoms with Crippen LogP contribution in [0.15, 0.2) is 22.7 Å². The number of hydrogen-bond donors (Lipinski definition) is 0. The van der Waals surface area contributed by atoms with Crippen LogP contribution in [0.1, 0.15) is 24.0 Å². The van der Waals surface area contributed by atoms with E-state index in [1.807, 2.05) is 0 Å². The van der Waals surface area contributed by atoms with E-state index in [1.54, 1.807) is 0 Å². The van der Waals surface area contributed by atoms with Crippen molar-refractivity contribution >= 4 is 31.8 Å². The van der Waals surface area contributed by atoms with Gasteiger partial charge in [0, 0.05) is 4.47 Å². The summed E-state index contributed by atoms with van der Waals surface area (Å²) in [4.78, 5) is 2.47. The normalized spacial score (nSPS) is 33.5. The first-order valence-corrected chi connectivity index (χ1v) is 8.31. The van der Waals surface area contributed by atoms with Gasteiger partial charge in [0.2, 0.25) is 0 Å². The molecular formula is C15H22B2BrNO. The molecule has 1 aromatic carbocycles. The predicted molar refractivity (Wildman–Crippen MR) is 91.5 cm³/mol. The van der Waals surface area contributed by atoms with Crippen LogP contribution in [0.5, 0.6) is 0 Å². The number of nitrogens with zero attached hydrogens (tertiary/aromatic N) is 1. The highest BCUT2D eigenvalue weighted by Gasteiger charge is 2.48. The molecule has 3 rings (SSSR count). The fraction of sp³-hybridized carbons (Fsp3) is 0.600. The second-order valence-electron chi connectivity index (χ2n) is 6.94. The Bertz CT molecular complexity index is 513. The first-order valence-electron chi connectivity index (χ1n) is 7.52. The average molecular weight is 334 g/mol. The SMILES string of the molecule is BN1CC2CC(OCc3cccc(Br)c3C)CC2(B)C1. The van der Waals surface area contributed by atoms with Gasteiger partial charge in [0.15, 0.2) is 7.98 Å². The number of halogens is 1. The van der Waals surface area contributed by atoms with E-state index in [0.717, 1.165) is 12.5 Å². The molecule has 2 nitrogen and oxygen atoms in total. The molecule has 0 N–H and O–H groups in total. The van der Waals surface area contributed by atoms with Crippen molar-refractivity contribution in [3.8, 4) is 0 Å². The molecule has 2 fully saturated rings. The molecule has 1 aromatic rings. The van der Waals surface area contributed by atoms with Crippen molar-refractivity contribution in [2.45, 2.75) is 37.8 Å². The Morgan fingerprint density at radius 2 is 2.30 bits per heavy atom. The molecule has 0 aromatic heterocycles. The van der Waals surface area contributed by atoms with Crippen molar-refractivity contribution < 1.29 is 4.74 Å². The molecule has 2 aliphatic rings. The van der Waals surface area contributed by atoms with Crippen LogP contribution in [0.25, 0.3) is 0 Å². The summed E-state index contributed by atoms with van der Waals surface area (Å²) in [6.45, 7) is 5.37. The summed E-state index contributed by atoms with van der Waals surface area (Å²) in [5.41, 5.74) is 2.61. The third kappa shape index (κ3) is 2.72.